The third kappa shape index (κ3) is 3.87. The van der Waals surface area contributed by atoms with Gasteiger partial charge in [0.15, 0.2) is 5.78 Å². The van der Waals surface area contributed by atoms with Gasteiger partial charge < -0.3 is 10.1 Å². The van der Waals surface area contributed by atoms with Gasteiger partial charge >= 0.3 is 0 Å². The second-order valence-corrected chi connectivity index (χ2v) is 6.86. The first kappa shape index (κ1) is 18.1. The zero-order chi connectivity index (χ0) is 19.3. The van der Waals surface area contributed by atoms with Crippen LogP contribution in [-0.2, 0) is 17.8 Å². The Kier molecular flexibility index (Phi) is 5.31. The Balaban J connectivity index is 1.45. The Morgan fingerprint density at radius 3 is 2.25 bits per heavy atom. The lowest BCUT2D eigenvalue weighted by atomic mass is 9.97. The molecule has 4 rings (SSSR count). The number of carbonyl (C=O) groups is 2. The van der Waals surface area contributed by atoms with E-state index in [2.05, 4.69) is 17.4 Å². The zero-order valence-electron chi connectivity index (χ0n) is 15.4. The molecule has 1 aliphatic rings. The van der Waals surface area contributed by atoms with Gasteiger partial charge in [0.2, 0.25) is 0 Å². The number of ketones is 1. The van der Waals surface area contributed by atoms with E-state index >= 15 is 0 Å². The molecule has 1 N–H and O–H groups in total. The summed E-state index contributed by atoms with van der Waals surface area (Å²) in [4.78, 5) is 25.6. The molecule has 4 nitrogen and oxygen atoms in total. The number of rotatable bonds is 5. The van der Waals surface area contributed by atoms with Gasteiger partial charge in [0.05, 0.1) is 18.3 Å². The van der Waals surface area contributed by atoms with Gasteiger partial charge in [-0.2, -0.15) is 0 Å². The summed E-state index contributed by atoms with van der Waals surface area (Å²) in [5.41, 5.74) is 3.81. The van der Waals surface area contributed by atoms with Crippen LogP contribution in [0.15, 0.2) is 78.9 Å². The molecule has 3 aromatic carbocycles. The summed E-state index contributed by atoms with van der Waals surface area (Å²) >= 11 is 0. The molecule has 0 saturated carbocycles. The topological polar surface area (TPSA) is 55.4 Å². The van der Waals surface area contributed by atoms with Crippen molar-refractivity contribution in [3.63, 3.8) is 0 Å². The molecule has 3 aromatic rings. The van der Waals surface area contributed by atoms with Crippen molar-refractivity contribution in [3.05, 3.63) is 107 Å². The van der Waals surface area contributed by atoms with Crippen molar-refractivity contribution in [2.45, 2.75) is 19.1 Å². The van der Waals surface area contributed by atoms with Crippen molar-refractivity contribution < 1.29 is 14.3 Å². The molecule has 0 spiro atoms. The Morgan fingerprint density at radius 1 is 0.821 bits per heavy atom. The summed E-state index contributed by atoms with van der Waals surface area (Å²) < 4.78 is 5.86. The SMILES string of the molecule is O=C(NCC1Cc2ccccc2CO1)c1ccccc1C(=O)c1ccccc1. The molecule has 1 heterocycles. The predicted octanol–water partition coefficient (Wildman–Crippen LogP) is 3.79. The highest BCUT2D eigenvalue weighted by Gasteiger charge is 2.21. The number of nitrogens with one attached hydrogen (secondary N) is 1. The van der Waals surface area contributed by atoms with Gasteiger partial charge in [-0.1, -0.05) is 72.8 Å². The predicted molar refractivity (Wildman–Crippen MR) is 107 cm³/mol. The van der Waals surface area contributed by atoms with Crippen molar-refractivity contribution in [1.82, 2.24) is 5.32 Å². The van der Waals surface area contributed by atoms with Crippen LogP contribution in [0.5, 0.6) is 0 Å². The van der Waals surface area contributed by atoms with Crippen LogP contribution in [-0.4, -0.2) is 24.3 Å². The van der Waals surface area contributed by atoms with Gasteiger partial charge in [0.1, 0.15) is 0 Å². The van der Waals surface area contributed by atoms with Crippen molar-refractivity contribution in [2.24, 2.45) is 0 Å². The van der Waals surface area contributed by atoms with Crippen LogP contribution >= 0.6 is 0 Å². The van der Waals surface area contributed by atoms with Crippen LogP contribution in [0.1, 0.15) is 37.4 Å². The van der Waals surface area contributed by atoms with Gasteiger partial charge in [-0.15, -0.1) is 0 Å². The molecule has 1 unspecified atom stereocenters. The lowest BCUT2D eigenvalue weighted by Gasteiger charge is -2.25. The van der Waals surface area contributed by atoms with E-state index in [4.69, 9.17) is 4.74 Å². The van der Waals surface area contributed by atoms with E-state index < -0.39 is 0 Å². The van der Waals surface area contributed by atoms with Gasteiger partial charge in [-0.25, -0.2) is 0 Å². The van der Waals surface area contributed by atoms with Crippen molar-refractivity contribution in [1.29, 1.82) is 0 Å². The van der Waals surface area contributed by atoms with Crippen molar-refractivity contribution >= 4 is 11.7 Å². The maximum atomic E-state index is 12.8. The summed E-state index contributed by atoms with van der Waals surface area (Å²) in [6.45, 7) is 0.959. The molecule has 1 atom stereocenters. The van der Waals surface area contributed by atoms with E-state index in [9.17, 15) is 9.59 Å². The highest BCUT2D eigenvalue weighted by Crippen LogP contribution is 2.20. The number of amides is 1. The maximum Gasteiger partial charge on any atom is 0.252 e. The summed E-state index contributed by atoms with van der Waals surface area (Å²) in [5, 5.41) is 2.93. The molecule has 0 aliphatic carbocycles. The molecule has 0 radical (unpaired) electrons. The smallest absolute Gasteiger partial charge is 0.252 e. The molecular formula is C24H21NO3. The van der Waals surface area contributed by atoms with Gasteiger partial charge in [0.25, 0.3) is 5.91 Å². The molecule has 4 heteroatoms. The minimum atomic E-state index is -0.262. The molecule has 0 saturated heterocycles. The third-order valence-electron chi connectivity index (χ3n) is 4.98. The summed E-state index contributed by atoms with van der Waals surface area (Å²) in [6.07, 6.45) is 0.692. The summed E-state index contributed by atoms with van der Waals surface area (Å²) in [6, 6.07) is 24.1. The van der Waals surface area contributed by atoms with Gasteiger partial charge in [0, 0.05) is 24.1 Å². The normalized spacial score (nSPS) is 15.5. The highest BCUT2D eigenvalue weighted by atomic mass is 16.5. The first-order valence-corrected chi connectivity index (χ1v) is 9.38. The maximum absolute atomic E-state index is 12.8. The average molecular weight is 371 g/mol. The number of hydrogen-bond donors (Lipinski definition) is 1. The number of carbonyl (C=O) groups excluding carboxylic acids is 2. The monoisotopic (exact) mass is 371 g/mol. The number of fused-ring (bicyclic) bond motifs is 1. The fourth-order valence-electron chi connectivity index (χ4n) is 3.47. The largest absolute Gasteiger partial charge is 0.371 e. The van der Waals surface area contributed by atoms with Crippen LogP contribution in [0, 0.1) is 0 Å². The van der Waals surface area contributed by atoms with Crippen LogP contribution in [0.3, 0.4) is 0 Å². The molecule has 0 aromatic heterocycles. The Bertz CT molecular complexity index is 997. The highest BCUT2D eigenvalue weighted by molar-refractivity contribution is 6.15. The van der Waals surface area contributed by atoms with Crippen LogP contribution < -0.4 is 5.32 Å². The zero-order valence-corrected chi connectivity index (χ0v) is 15.4. The first-order valence-electron chi connectivity index (χ1n) is 9.38. The minimum absolute atomic E-state index is 0.0733. The number of benzene rings is 3. The van der Waals surface area contributed by atoms with E-state index in [1.165, 1.54) is 11.1 Å². The lowest BCUT2D eigenvalue weighted by Crippen LogP contribution is -2.37. The summed E-state index contributed by atoms with van der Waals surface area (Å²) in [7, 11) is 0. The van der Waals surface area contributed by atoms with E-state index in [1.54, 1.807) is 36.4 Å². The van der Waals surface area contributed by atoms with Crippen LogP contribution in [0.4, 0.5) is 0 Å². The molecule has 28 heavy (non-hydrogen) atoms. The molecular weight excluding hydrogens is 350 g/mol. The second-order valence-electron chi connectivity index (χ2n) is 6.86. The standard InChI is InChI=1S/C24H21NO3/c26-23(17-8-2-1-3-9-17)21-12-6-7-13-22(21)24(27)25-15-20-14-18-10-4-5-11-19(18)16-28-20/h1-13,20H,14-16H2,(H,25,27). The van der Waals surface area contributed by atoms with Gasteiger partial charge in [-0.3, -0.25) is 9.59 Å². The third-order valence-corrected chi connectivity index (χ3v) is 4.98. The lowest BCUT2D eigenvalue weighted by molar-refractivity contribution is 0.0285. The molecule has 0 fully saturated rings. The first-order chi connectivity index (χ1) is 13.7. The van der Waals surface area contributed by atoms with Crippen molar-refractivity contribution in [2.75, 3.05) is 6.54 Å². The van der Waals surface area contributed by atoms with E-state index in [0.29, 0.717) is 29.8 Å². The Hall–Kier alpha value is -3.24. The minimum Gasteiger partial charge on any atom is -0.371 e. The van der Waals surface area contributed by atoms with Crippen molar-refractivity contribution in [3.8, 4) is 0 Å². The molecule has 0 bridgehead atoms. The van der Waals surface area contributed by atoms with Crippen LogP contribution in [0.2, 0.25) is 0 Å². The molecule has 1 amide bonds. The van der Waals surface area contributed by atoms with Gasteiger partial charge in [-0.05, 0) is 17.2 Å². The molecule has 1 aliphatic heterocycles. The second kappa shape index (κ2) is 8.19. The summed E-state index contributed by atoms with van der Waals surface area (Å²) in [5.74, 6) is -0.420. The average Bonchev–Trinajstić information content (AvgIpc) is 2.77. The van der Waals surface area contributed by atoms with E-state index in [1.807, 2.05) is 30.3 Å². The number of ether oxygens (including phenoxy) is 1. The van der Waals surface area contributed by atoms with E-state index in [0.717, 1.165) is 6.42 Å². The Morgan fingerprint density at radius 2 is 1.46 bits per heavy atom. The van der Waals surface area contributed by atoms with Crippen LogP contribution in [0.25, 0.3) is 0 Å². The quantitative estimate of drug-likeness (QED) is 0.694. The Labute approximate surface area is 164 Å². The fraction of sp³-hybridized carbons (Fsp3) is 0.167. The molecule has 140 valence electrons. The fourth-order valence-corrected chi connectivity index (χ4v) is 3.47. The van der Waals surface area contributed by atoms with E-state index in [-0.39, 0.29) is 17.8 Å². The number of hydrogen-bond acceptors (Lipinski definition) is 3.